The number of imidazole rings is 6. The molecule has 0 saturated heterocycles. The zero-order valence-corrected chi connectivity index (χ0v) is 63.4. The van der Waals surface area contributed by atoms with Crippen LogP contribution in [0, 0.1) is 0 Å². The Bertz CT molecular complexity index is 2240. The predicted octanol–water partition coefficient (Wildman–Crippen LogP) is 5.99. The Labute approximate surface area is 592 Å². The molecule has 20 heteroatoms. The number of rotatable bonds is 20. The molecule has 1 aromatic carbocycles. The zero-order valence-electron chi connectivity index (χ0n) is 46.4. The first-order valence-corrected chi connectivity index (χ1v) is 24.6. The molecule has 0 spiro atoms. The maximum atomic E-state index is 9.04. The second kappa shape index (κ2) is 53.4. The summed E-state index contributed by atoms with van der Waals surface area (Å²) < 4.78 is 25.0. The molecule has 0 bridgehead atoms. The Morgan fingerprint density at radius 1 is 0.507 bits per heavy atom. The van der Waals surface area contributed by atoms with Gasteiger partial charge in [0.05, 0.1) is 73.2 Å². The van der Waals surface area contributed by atoms with Crippen molar-refractivity contribution in [2.45, 2.75) is 151 Å². The predicted molar refractivity (Wildman–Crippen MR) is 267 cm³/mol. The first kappa shape index (κ1) is 82.6. The van der Waals surface area contributed by atoms with Crippen LogP contribution in [0.5, 0.6) is 0 Å². The van der Waals surface area contributed by atoms with Crippen LogP contribution in [0.1, 0.15) is 98.5 Å². The first-order valence-electron chi connectivity index (χ1n) is 24.6. The Morgan fingerprint density at radius 2 is 0.959 bits per heavy atom. The minimum Gasteiger partial charge on any atom is -0.394 e. The fraction of sp³-hybridized carbons (Fsp3) is 0.509. The van der Waals surface area contributed by atoms with Crippen LogP contribution in [0.4, 0.5) is 0 Å². The molecule has 7 aromatic rings. The van der Waals surface area contributed by atoms with E-state index in [1.165, 1.54) is 63.5 Å². The van der Waals surface area contributed by atoms with Gasteiger partial charge in [0.2, 0.25) is 38.0 Å². The van der Waals surface area contributed by atoms with Crippen LogP contribution in [0.2, 0.25) is 0 Å². The van der Waals surface area contributed by atoms with Crippen molar-refractivity contribution in [1.29, 1.82) is 0 Å². The normalized spacial score (nSPS) is 9.85. The summed E-state index contributed by atoms with van der Waals surface area (Å²) in [7, 11) is 6.00. The van der Waals surface area contributed by atoms with E-state index in [1.807, 2.05) is 82.1 Å². The molecule has 6 aromatic heterocycles. The first-order chi connectivity index (χ1) is 32.5. The van der Waals surface area contributed by atoms with Crippen LogP contribution >= 0.6 is 0 Å². The number of benzene rings is 1. The summed E-state index contributed by atoms with van der Waals surface area (Å²) in [6.45, 7) is 24.3. The average molecular weight is 1460 g/mol. The summed E-state index contributed by atoms with van der Waals surface area (Å²) >= 11 is 0. The van der Waals surface area contributed by atoms with Gasteiger partial charge in [-0.05, 0) is 52.5 Å². The Morgan fingerprint density at radius 3 is 1.37 bits per heavy atom. The van der Waals surface area contributed by atoms with Gasteiger partial charge in [-0.25, -0.2) is 54.8 Å². The quantitative estimate of drug-likeness (QED) is 0.0726. The summed E-state index contributed by atoms with van der Waals surface area (Å²) in [6, 6.07) is 10.5. The molecule has 6 heterocycles. The summed E-state index contributed by atoms with van der Waals surface area (Å²) in [5.41, 5.74) is 1.33. The van der Waals surface area contributed by atoms with E-state index in [9.17, 15) is 0 Å². The Balaban J connectivity index is -0.000000251. The molecule has 7 rings (SSSR count). The molecule has 0 saturated carbocycles. The molecule has 0 fully saturated rings. The molecule has 73 heavy (non-hydrogen) atoms. The third-order valence-corrected chi connectivity index (χ3v) is 10.7. The molecule has 0 aliphatic carbocycles. The molecule has 0 aliphatic heterocycles. The van der Waals surface area contributed by atoms with Crippen LogP contribution in [0.25, 0.3) is 6.20 Å². The van der Waals surface area contributed by atoms with Gasteiger partial charge >= 0.3 is 0 Å². The second-order valence-corrected chi connectivity index (χ2v) is 16.7. The van der Waals surface area contributed by atoms with Crippen molar-refractivity contribution >= 4 is 6.20 Å². The van der Waals surface area contributed by atoms with Gasteiger partial charge in [-0.15, -0.1) is 0 Å². The number of aliphatic hydroxyl groups is 2. The van der Waals surface area contributed by atoms with Gasteiger partial charge in [-0.1, -0.05) is 82.9 Å². The molecule has 1 unspecified atom stereocenters. The number of hydrogen-bond acceptors (Lipinski definition) is 2. The van der Waals surface area contributed by atoms with Crippen molar-refractivity contribution in [2.75, 3.05) is 6.61 Å². The number of nitrogens with zero attached hydrogens (tertiary/aromatic N) is 12. The topological polar surface area (TPSA) is 93.3 Å². The van der Waals surface area contributed by atoms with Gasteiger partial charge in [0.15, 0.2) is 0 Å². The van der Waals surface area contributed by atoms with E-state index in [1.54, 1.807) is 6.20 Å². The van der Waals surface area contributed by atoms with Crippen LogP contribution in [-0.4, -0.2) is 50.3 Å². The number of aryl methyl sites for hydroxylation is 9. The van der Waals surface area contributed by atoms with Crippen LogP contribution < -0.4 is 27.4 Å². The zero-order chi connectivity index (χ0) is 49.1. The van der Waals surface area contributed by atoms with Crippen LogP contribution in [-0.2, 0) is 270 Å². The standard InChI is InChI=1S/C13H25N2.C11H13N2.C8H15N2.C7H13N2O2.C7H13N2.C7H11N2.6Y/c1-3-4-5-6-7-8-9-10-15-12-11-14(2)13-15;1-12-7-8-13(10-12)9-11-5-3-2-4-6-11;1-3-5-10-7-6-9(4-2)8-10;1-8-2-3-9(6-8)4-7(11)5-10;2*1-3-8-5-6-9(4-2)7-8;;;;;;/h11-13H,3-10H2,1-2H3;2-8,10H,9H2,1H3;6-8H,3-5H2,1-2H3;2-3,6-7,10-11H,4-5H2,1H3;5-7H,3-4H2,1-2H3;3,5-7H,1,4H2,2H3;;;;;;/q6*+1;;;;;;. The van der Waals surface area contributed by atoms with Crippen molar-refractivity contribution in [3.8, 4) is 0 Å². The molecular formula is C53H90N12O2Y6+6. The van der Waals surface area contributed by atoms with E-state index < -0.39 is 6.10 Å². The van der Waals surface area contributed by atoms with E-state index in [0.717, 1.165) is 39.3 Å². The second-order valence-electron chi connectivity index (χ2n) is 16.7. The van der Waals surface area contributed by atoms with Gasteiger partial charge in [0, 0.05) is 196 Å². The minimum atomic E-state index is -0.664. The van der Waals surface area contributed by atoms with E-state index >= 15 is 0 Å². The number of hydrogen-bond donors (Lipinski definition) is 2. The van der Waals surface area contributed by atoms with Gasteiger partial charge in [0.1, 0.15) is 93.6 Å². The smallest absolute Gasteiger partial charge is 0.248 e. The number of aliphatic hydroxyl groups excluding tert-OH is 2. The van der Waals surface area contributed by atoms with Gasteiger partial charge in [0.25, 0.3) is 0 Å². The van der Waals surface area contributed by atoms with Crippen molar-refractivity contribution in [2.24, 2.45) is 21.1 Å². The molecule has 1 atom stereocenters. The van der Waals surface area contributed by atoms with Gasteiger partial charge < -0.3 is 10.2 Å². The van der Waals surface area contributed by atoms with E-state index in [2.05, 4.69) is 185 Å². The van der Waals surface area contributed by atoms with Crippen LogP contribution in [0.3, 0.4) is 0 Å². The Kier molecular flexibility index (Phi) is 60.4. The molecular weight excluding hydrogens is 1370 g/mol. The van der Waals surface area contributed by atoms with Gasteiger partial charge in [-0.2, -0.15) is 0 Å². The van der Waals surface area contributed by atoms with Crippen LogP contribution in [0.15, 0.2) is 149 Å². The Hall–Kier alpha value is 0.763. The largest absolute Gasteiger partial charge is 0.394 e. The van der Waals surface area contributed by atoms with E-state index in [0.29, 0.717) is 6.54 Å². The summed E-state index contributed by atoms with van der Waals surface area (Å²) in [4.78, 5) is 0. The van der Waals surface area contributed by atoms with Crippen molar-refractivity contribution in [3.05, 3.63) is 155 Å². The summed E-state index contributed by atoms with van der Waals surface area (Å²) in [6.07, 6.45) is 48.8. The third kappa shape index (κ3) is 40.6. The SMILES string of the molecule is C=Cn1cc[n+](CC)c1.CCCCCCCCCn1cc[n+](C)c1.CCC[n+]1ccn(CC)c1.CCn1cc[n+](CC)c1.C[n+]1ccn(CC(O)CO)c1.C[n+]1ccn(Cc2ccccc2)c1.[Y].[Y].[Y].[Y].[Y].[Y]. The van der Waals surface area contributed by atoms with Crippen molar-refractivity contribution in [3.63, 3.8) is 0 Å². The van der Waals surface area contributed by atoms with Gasteiger partial charge in [-0.3, -0.25) is 0 Å². The van der Waals surface area contributed by atoms with E-state index in [-0.39, 0.29) is 203 Å². The third-order valence-electron chi connectivity index (χ3n) is 10.7. The summed E-state index contributed by atoms with van der Waals surface area (Å²) in [5, 5.41) is 17.6. The monoisotopic (exact) mass is 1460 g/mol. The molecule has 14 nitrogen and oxygen atoms in total. The average Bonchev–Trinajstić information content (AvgIpc) is 4.23. The van der Waals surface area contributed by atoms with E-state index in [4.69, 9.17) is 10.2 Å². The minimum absolute atomic E-state index is 0. The molecule has 0 aliphatic rings. The molecule has 386 valence electrons. The number of aromatic nitrogens is 12. The molecule has 6 radical (unpaired) electrons. The van der Waals surface area contributed by atoms with Crippen molar-refractivity contribution in [1.82, 2.24) is 27.4 Å². The van der Waals surface area contributed by atoms with Crippen molar-refractivity contribution < 1.29 is 234 Å². The maximum absolute atomic E-state index is 9.04. The summed E-state index contributed by atoms with van der Waals surface area (Å²) in [5.74, 6) is 0. The fourth-order valence-electron chi connectivity index (χ4n) is 6.72. The molecule has 2 N–H and O–H groups in total. The maximum Gasteiger partial charge on any atom is 0.248 e. The fourth-order valence-corrected chi connectivity index (χ4v) is 6.72. The number of unbranched alkanes of at least 4 members (excludes halogenated alkanes) is 6. The molecule has 0 amide bonds.